The van der Waals surface area contributed by atoms with Crippen molar-refractivity contribution in [2.75, 3.05) is 5.32 Å². The normalized spacial score (nSPS) is 10.5. The van der Waals surface area contributed by atoms with Crippen LogP contribution >= 0.6 is 11.3 Å². The number of hydrogen-bond acceptors (Lipinski definition) is 6. The maximum atomic E-state index is 12.4. The zero-order valence-corrected chi connectivity index (χ0v) is 14.6. The summed E-state index contributed by atoms with van der Waals surface area (Å²) in [6.07, 6.45) is 0. The van der Waals surface area contributed by atoms with E-state index in [9.17, 15) is 9.59 Å². The fraction of sp³-hybridized carbons (Fsp3) is 0. The van der Waals surface area contributed by atoms with Gasteiger partial charge in [-0.05, 0) is 24.3 Å². The van der Waals surface area contributed by atoms with Crippen molar-refractivity contribution in [2.45, 2.75) is 0 Å². The average Bonchev–Trinajstić information content (AvgIpc) is 3.16. The van der Waals surface area contributed by atoms with Crippen molar-refractivity contribution in [3.8, 4) is 17.3 Å². The lowest BCUT2D eigenvalue weighted by Gasteiger charge is -2.02. The van der Waals surface area contributed by atoms with Gasteiger partial charge < -0.3 is 4.42 Å². The van der Waals surface area contributed by atoms with Gasteiger partial charge in [-0.25, -0.2) is 4.98 Å². The summed E-state index contributed by atoms with van der Waals surface area (Å²) < 4.78 is 5.53. The first-order chi connectivity index (χ1) is 13.1. The van der Waals surface area contributed by atoms with Gasteiger partial charge in [0.1, 0.15) is 5.58 Å². The number of aromatic nitrogens is 1. The first-order valence-electron chi connectivity index (χ1n) is 7.94. The first-order valence-corrected chi connectivity index (χ1v) is 8.82. The Kier molecular flexibility index (Phi) is 4.24. The number of rotatable bonds is 3. The van der Waals surface area contributed by atoms with Crippen LogP contribution in [0.15, 0.2) is 69.2 Å². The second-order valence-corrected chi connectivity index (χ2v) is 6.51. The third-order valence-corrected chi connectivity index (χ3v) is 4.63. The van der Waals surface area contributed by atoms with E-state index in [0.29, 0.717) is 27.4 Å². The molecule has 0 atom stereocenters. The van der Waals surface area contributed by atoms with Gasteiger partial charge in [-0.2, -0.15) is 5.26 Å². The van der Waals surface area contributed by atoms with E-state index in [-0.39, 0.29) is 11.2 Å². The molecule has 2 aromatic heterocycles. The Bertz CT molecular complexity index is 1270. The third kappa shape index (κ3) is 3.34. The monoisotopic (exact) mass is 373 g/mol. The predicted octanol–water partition coefficient (Wildman–Crippen LogP) is 4.04. The molecule has 0 fully saturated rings. The van der Waals surface area contributed by atoms with Crippen molar-refractivity contribution >= 4 is 33.3 Å². The molecule has 2 heterocycles. The van der Waals surface area contributed by atoms with E-state index in [4.69, 9.17) is 9.68 Å². The maximum absolute atomic E-state index is 12.4. The van der Waals surface area contributed by atoms with E-state index in [1.165, 1.54) is 17.4 Å². The minimum absolute atomic E-state index is 0.0815. The van der Waals surface area contributed by atoms with E-state index in [1.807, 2.05) is 6.07 Å². The number of anilines is 1. The molecule has 0 saturated heterocycles. The number of nitrogens with zero attached hydrogens (tertiary/aromatic N) is 2. The molecule has 1 N–H and O–H groups in total. The molecule has 0 saturated carbocycles. The summed E-state index contributed by atoms with van der Waals surface area (Å²) in [4.78, 5) is 28.9. The average molecular weight is 373 g/mol. The molecule has 4 rings (SSSR count). The highest BCUT2D eigenvalue weighted by molar-refractivity contribution is 7.14. The highest BCUT2D eigenvalue weighted by Gasteiger charge is 2.14. The second-order valence-electron chi connectivity index (χ2n) is 5.66. The number of hydrogen-bond donors (Lipinski definition) is 1. The molecule has 0 radical (unpaired) electrons. The summed E-state index contributed by atoms with van der Waals surface area (Å²) in [5, 5.41) is 14.2. The molecule has 4 aromatic rings. The second kappa shape index (κ2) is 6.86. The molecule has 0 aliphatic rings. The van der Waals surface area contributed by atoms with Crippen LogP contribution in [0.5, 0.6) is 0 Å². The first kappa shape index (κ1) is 16.7. The number of nitrogens with one attached hydrogen (secondary N) is 1. The Balaban J connectivity index is 1.60. The lowest BCUT2D eigenvalue weighted by atomic mass is 10.1. The minimum Gasteiger partial charge on any atom is -0.451 e. The highest BCUT2D eigenvalue weighted by atomic mass is 32.1. The van der Waals surface area contributed by atoms with Crippen LogP contribution in [-0.4, -0.2) is 10.9 Å². The highest BCUT2D eigenvalue weighted by Crippen LogP contribution is 2.26. The molecule has 0 aliphatic heterocycles. The maximum Gasteiger partial charge on any atom is 0.293 e. The van der Waals surface area contributed by atoms with E-state index in [1.54, 1.807) is 47.8 Å². The van der Waals surface area contributed by atoms with Gasteiger partial charge in [-0.3, -0.25) is 14.9 Å². The fourth-order valence-corrected chi connectivity index (χ4v) is 3.30. The molecule has 2 aromatic carbocycles. The van der Waals surface area contributed by atoms with E-state index in [0.717, 1.165) is 5.56 Å². The fourth-order valence-electron chi connectivity index (χ4n) is 2.59. The van der Waals surface area contributed by atoms with Gasteiger partial charge in [0.2, 0.25) is 0 Å². The van der Waals surface area contributed by atoms with E-state index in [2.05, 4.69) is 16.4 Å². The summed E-state index contributed by atoms with van der Waals surface area (Å²) in [6, 6.07) is 17.0. The summed E-state index contributed by atoms with van der Waals surface area (Å²) in [6.45, 7) is 0. The van der Waals surface area contributed by atoms with Gasteiger partial charge in [0, 0.05) is 17.0 Å². The summed E-state index contributed by atoms with van der Waals surface area (Å²) >= 11 is 1.24. The molecule has 7 heteroatoms. The Morgan fingerprint density at radius 1 is 1.15 bits per heavy atom. The van der Waals surface area contributed by atoms with Gasteiger partial charge in [0.15, 0.2) is 16.3 Å². The van der Waals surface area contributed by atoms with Gasteiger partial charge in [0.25, 0.3) is 5.91 Å². The number of para-hydroxylation sites is 1. The molecule has 6 nitrogen and oxygen atoms in total. The van der Waals surface area contributed by atoms with Crippen LogP contribution in [0.25, 0.3) is 22.2 Å². The van der Waals surface area contributed by atoms with Crippen LogP contribution in [-0.2, 0) is 0 Å². The van der Waals surface area contributed by atoms with E-state index >= 15 is 0 Å². The molecule has 1 amide bonds. The number of amides is 1. The van der Waals surface area contributed by atoms with E-state index < -0.39 is 5.91 Å². The van der Waals surface area contributed by atoms with Crippen LogP contribution in [0.3, 0.4) is 0 Å². The SMILES string of the molecule is N#Cc1cccc(-c2csc(NC(=O)c3cc(=O)c4ccccc4o3)n2)c1. The van der Waals surface area contributed by atoms with Crippen molar-refractivity contribution in [1.29, 1.82) is 5.26 Å². The molecular formula is C20H11N3O3S. The number of nitriles is 1. The number of carbonyl (C=O) groups excluding carboxylic acids is 1. The van der Waals surface area contributed by atoms with Crippen LogP contribution in [0.2, 0.25) is 0 Å². The molecule has 0 spiro atoms. The molecule has 0 bridgehead atoms. The number of fused-ring (bicyclic) bond motifs is 1. The number of benzene rings is 2. The summed E-state index contributed by atoms with van der Waals surface area (Å²) in [5.41, 5.74) is 2.03. The van der Waals surface area contributed by atoms with Crippen molar-refractivity contribution < 1.29 is 9.21 Å². The van der Waals surface area contributed by atoms with Crippen molar-refractivity contribution in [1.82, 2.24) is 4.98 Å². The molecule has 130 valence electrons. The summed E-state index contributed by atoms with van der Waals surface area (Å²) in [5.74, 6) is -0.633. The Morgan fingerprint density at radius 3 is 2.85 bits per heavy atom. The topological polar surface area (TPSA) is 96.0 Å². The number of carbonyl (C=O) groups is 1. The van der Waals surface area contributed by atoms with Crippen LogP contribution in [0.1, 0.15) is 16.1 Å². The molecule has 0 unspecified atom stereocenters. The molecule has 27 heavy (non-hydrogen) atoms. The molecule has 0 aliphatic carbocycles. The lowest BCUT2D eigenvalue weighted by Crippen LogP contribution is -2.14. The largest absolute Gasteiger partial charge is 0.451 e. The molecular weight excluding hydrogens is 362 g/mol. The zero-order valence-electron chi connectivity index (χ0n) is 13.8. The smallest absolute Gasteiger partial charge is 0.293 e. The third-order valence-electron chi connectivity index (χ3n) is 3.87. The number of thiazole rings is 1. The van der Waals surface area contributed by atoms with Crippen LogP contribution in [0, 0.1) is 11.3 Å². The van der Waals surface area contributed by atoms with Gasteiger partial charge in [0.05, 0.1) is 22.7 Å². The summed E-state index contributed by atoms with van der Waals surface area (Å²) in [7, 11) is 0. The van der Waals surface area contributed by atoms with Gasteiger partial charge in [-0.1, -0.05) is 24.3 Å². The zero-order chi connectivity index (χ0) is 18.8. The lowest BCUT2D eigenvalue weighted by molar-refractivity contribution is 0.0997. The van der Waals surface area contributed by atoms with Crippen molar-refractivity contribution in [2.24, 2.45) is 0 Å². The van der Waals surface area contributed by atoms with Crippen LogP contribution in [0.4, 0.5) is 5.13 Å². The minimum atomic E-state index is -0.551. The van der Waals surface area contributed by atoms with Crippen LogP contribution < -0.4 is 10.7 Å². The van der Waals surface area contributed by atoms with Crippen molar-refractivity contribution in [3.05, 3.63) is 81.5 Å². The standard InChI is InChI=1S/C20H11N3O3S/c21-10-12-4-3-5-13(8-12)15-11-27-20(22-15)23-19(25)18-9-16(24)14-6-1-2-7-17(14)26-18/h1-9,11H,(H,22,23,25). The quantitative estimate of drug-likeness (QED) is 0.585. The van der Waals surface area contributed by atoms with Gasteiger partial charge in [-0.15, -0.1) is 11.3 Å². The Morgan fingerprint density at radius 2 is 2.00 bits per heavy atom. The van der Waals surface area contributed by atoms with Gasteiger partial charge >= 0.3 is 0 Å². The predicted molar refractivity (Wildman–Crippen MR) is 103 cm³/mol. The Labute approximate surface area is 157 Å². The van der Waals surface area contributed by atoms with Crippen molar-refractivity contribution in [3.63, 3.8) is 0 Å². The Hall–Kier alpha value is -3.76.